The summed E-state index contributed by atoms with van der Waals surface area (Å²) < 4.78 is 10.3. The zero-order chi connectivity index (χ0) is 13.7. The van der Waals surface area contributed by atoms with Crippen molar-refractivity contribution in [3.63, 3.8) is 0 Å². The first kappa shape index (κ1) is 13.4. The van der Waals surface area contributed by atoms with Crippen molar-refractivity contribution >= 4 is 17.5 Å². The summed E-state index contributed by atoms with van der Waals surface area (Å²) in [6, 6.07) is 7.19. The Kier molecular flexibility index (Phi) is 4.35. The lowest BCUT2D eigenvalue weighted by Crippen LogP contribution is -2.46. The van der Waals surface area contributed by atoms with E-state index in [-0.39, 0.29) is 25.0 Å². The van der Waals surface area contributed by atoms with Crippen LogP contribution >= 0.6 is 0 Å². The molecule has 1 saturated heterocycles. The smallest absolute Gasteiger partial charge is 0.255 e. The summed E-state index contributed by atoms with van der Waals surface area (Å²) in [5.74, 6) is 0.0214. The lowest BCUT2D eigenvalue weighted by Gasteiger charge is -2.24. The van der Waals surface area contributed by atoms with E-state index in [9.17, 15) is 9.59 Å². The van der Waals surface area contributed by atoms with Crippen molar-refractivity contribution < 1.29 is 19.1 Å². The van der Waals surface area contributed by atoms with E-state index in [0.29, 0.717) is 31.0 Å². The Bertz CT molecular complexity index is 459. The third-order valence-corrected chi connectivity index (χ3v) is 2.76. The van der Waals surface area contributed by atoms with Crippen molar-refractivity contribution in [3.05, 3.63) is 24.3 Å². The number of para-hydroxylation sites is 2. The van der Waals surface area contributed by atoms with Gasteiger partial charge in [0.2, 0.25) is 0 Å². The first-order valence-corrected chi connectivity index (χ1v) is 6.06. The van der Waals surface area contributed by atoms with Gasteiger partial charge in [0.1, 0.15) is 19.0 Å². The largest absolute Gasteiger partial charge is 0.491 e. The van der Waals surface area contributed by atoms with Crippen molar-refractivity contribution in [1.29, 1.82) is 0 Å². The summed E-state index contributed by atoms with van der Waals surface area (Å²) in [6.45, 7) is 0.677. The third kappa shape index (κ3) is 3.45. The minimum absolute atomic E-state index is 0.0295. The van der Waals surface area contributed by atoms with E-state index in [0.717, 1.165) is 0 Å². The molecule has 1 aromatic carbocycles. The highest BCUT2D eigenvalue weighted by molar-refractivity contribution is 5.98. The van der Waals surface area contributed by atoms with Gasteiger partial charge in [0, 0.05) is 6.54 Å². The summed E-state index contributed by atoms with van der Waals surface area (Å²) in [7, 11) is 0. The molecular weight excluding hydrogens is 248 g/mol. The molecular formula is C13H16N2O4. The maximum absolute atomic E-state index is 11.4. The first-order valence-electron chi connectivity index (χ1n) is 6.06. The number of hydrogen-bond donors (Lipinski definition) is 1. The van der Waals surface area contributed by atoms with Crippen molar-refractivity contribution in [2.45, 2.75) is 6.42 Å². The molecule has 1 aliphatic heterocycles. The number of benzene rings is 1. The summed E-state index contributed by atoms with van der Waals surface area (Å²) in [4.78, 5) is 24.1. The second-order valence-electron chi connectivity index (χ2n) is 4.17. The minimum Gasteiger partial charge on any atom is -0.491 e. The standard InChI is InChI=1S/C13H16N2O4/c14-10-4-1-2-5-11(10)19-7-3-6-15-12(16)8-18-9-13(15)17/h1-2,4-5H,3,6-9,14H2. The van der Waals surface area contributed by atoms with E-state index in [1.165, 1.54) is 4.90 Å². The molecule has 0 aliphatic carbocycles. The van der Waals surface area contributed by atoms with Gasteiger partial charge in [-0.05, 0) is 18.6 Å². The van der Waals surface area contributed by atoms with E-state index < -0.39 is 0 Å². The van der Waals surface area contributed by atoms with Crippen LogP contribution in [0.25, 0.3) is 0 Å². The quantitative estimate of drug-likeness (QED) is 0.473. The first-order chi connectivity index (χ1) is 9.18. The second kappa shape index (κ2) is 6.19. The van der Waals surface area contributed by atoms with E-state index in [2.05, 4.69) is 0 Å². The number of imide groups is 1. The van der Waals surface area contributed by atoms with Crippen molar-refractivity contribution in [1.82, 2.24) is 4.90 Å². The molecule has 0 atom stereocenters. The zero-order valence-electron chi connectivity index (χ0n) is 10.5. The predicted octanol–water partition coefficient (Wildman–Crippen LogP) is 0.423. The fourth-order valence-corrected chi connectivity index (χ4v) is 1.79. The molecule has 0 saturated carbocycles. The number of amides is 2. The molecule has 1 aromatic rings. The van der Waals surface area contributed by atoms with Gasteiger partial charge in [-0.3, -0.25) is 14.5 Å². The van der Waals surface area contributed by atoms with Crippen LogP contribution in [0.5, 0.6) is 5.75 Å². The highest BCUT2D eigenvalue weighted by Gasteiger charge is 2.25. The Morgan fingerprint density at radius 2 is 1.89 bits per heavy atom. The number of hydrogen-bond acceptors (Lipinski definition) is 5. The number of nitrogen functional groups attached to an aromatic ring is 1. The van der Waals surface area contributed by atoms with E-state index >= 15 is 0 Å². The van der Waals surface area contributed by atoms with Crippen LogP contribution < -0.4 is 10.5 Å². The predicted molar refractivity (Wildman–Crippen MR) is 68.5 cm³/mol. The third-order valence-electron chi connectivity index (χ3n) is 2.76. The number of carbonyl (C=O) groups is 2. The maximum atomic E-state index is 11.4. The Morgan fingerprint density at radius 1 is 1.21 bits per heavy atom. The number of morpholine rings is 1. The molecule has 2 rings (SSSR count). The Labute approximate surface area is 111 Å². The number of nitrogens with two attached hydrogens (primary N) is 1. The van der Waals surface area contributed by atoms with Gasteiger partial charge in [-0.15, -0.1) is 0 Å². The Hall–Kier alpha value is -2.08. The van der Waals surface area contributed by atoms with Crippen molar-refractivity contribution in [3.8, 4) is 5.75 Å². The van der Waals surface area contributed by atoms with Crippen LogP contribution in [-0.2, 0) is 14.3 Å². The summed E-state index contributed by atoms with van der Waals surface area (Å²) in [5.41, 5.74) is 6.30. The molecule has 0 spiro atoms. The van der Waals surface area contributed by atoms with E-state index in [1.807, 2.05) is 12.1 Å². The fourth-order valence-electron chi connectivity index (χ4n) is 1.79. The summed E-state index contributed by atoms with van der Waals surface area (Å²) in [6.07, 6.45) is 0.561. The lowest BCUT2D eigenvalue weighted by molar-refractivity contribution is -0.158. The molecule has 0 aromatic heterocycles. The molecule has 19 heavy (non-hydrogen) atoms. The van der Waals surface area contributed by atoms with E-state index in [4.69, 9.17) is 15.2 Å². The number of carbonyl (C=O) groups excluding carboxylic acids is 2. The molecule has 0 bridgehead atoms. The van der Waals surface area contributed by atoms with Gasteiger partial charge in [-0.25, -0.2) is 0 Å². The molecule has 102 valence electrons. The summed E-state index contributed by atoms with van der Waals surface area (Å²) >= 11 is 0. The molecule has 6 heteroatoms. The van der Waals surface area contributed by atoms with Crippen LogP contribution in [-0.4, -0.2) is 43.1 Å². The highest BCUT2D eigenvalue weighted by atomic mass is 16.5. The van der Waals surface area contributed by atoms with Gasteiger partial charge in [-0.1, -0.05) is 12.1 Å². The van der Waals surface area contributed by atoms with Gasteiger partial charge in [0.25, 0.3) is 11.8 Å². The molecule has 2 N–H and O–H groups in total. The maximum Gasteiger partial charge on any atom is 0.255 e. The van der Waals surface area contributed by atoms with Crippen LogP contribution in [0.1, 0.15) is 6.42 Å². The van der Waals surface area contributed by atoms with Crippen molar-refractivity contribution in [2.24, 2.45) is 0 Å². The van der Waals surface area contributed by atoms with Crippen LogP contribution in [0, 0.1) is 0 Å². The topological polar surface area (TPSA) is 81.9 Å². The van der Waals surface area contributed by atoms with Crippen LogP contribution in [0.4, 0.5) is 5.69 Å². The molecule has 1 fully saturated rings. The van der Waals surface area contributed by atoms with Gasteiger partial charge in [0.15, 0.2) is 0 Å². The van der Waals surface area contributed by atoms with E-state index in [1.54, 1.807) is 12.1 Å². The summed E-state index contributed by atoms with van der Waals surface area (Å²) in [5, 5.41) is 0. The number of anilines is 1. The van der Waals surface area contributed by atoms with Gasteiger partial charge in [0.05, 0.1) is 12.3 Å². The SMILES string of the molecule is Nc1ccccc1OCCCN1C(=O)COCC1=O. The van der Waals surface area contributed by atoms with Crippen molar-refractivity contribution in [2.75, 3.05) is 32.1 Å². The highest BCUT2D eigenvalue weighted by Crippen LogP contribution is 2.19. The number of nitrogens with zero attached hydrogens (tertiary/aromatic N) is 1. The average molecular weight is 264 g/mol. The molecule has 1 heterocycles. The minimum atomic E-state index is -0.296. The molecule has 2 amide bonds. The van der Waals surface area contributed by atoms with Gasteiger partial charge >= 0.3 is 0 Å². The average Bonchev–Trinajstić information content (AvgIpc) is 2.39. The number of ether oxygens (including phenoxy) is 2. The number of rotatable bonds is 5. The van der Waals surface area contributed by atoms with Crippen LogP contribution in [0.3, 0.4) is 0 Å². The molecule has 0 unspecified atom stereocenters. The van der Waals surface area contributed by atoms with Crippen LogP contribution in [0.15, 0.2) is 24.3 Å². The molecule has 6 nitrogen and oxygen atoms in total. The molecule has 1 aliphatic rings. The zero-order valence-corrected chi connectivity index (χ0v) is 10.5. The Morgan fingerprint density at radius 3 is 2.58 bits per heavy atom. The second-order valence-corrected chi connectivity index (χ2v) is 4.17. The van der Waals surface area contributed by atoms with Crippen LogP contribution in [0.2, 0.25) is 0 Å². The lowest BCUT2D eigenvalue weighted by atomic mass is 10.3. The monoisotopic (exact) mass is 264 g/mol. The Balaban J connectivity index is 1.76. The fraction of sp³-hybridized carbons (Fsp3) is 0.385. The van der Waals surface area contributed by atoms with Gasteiger partial charge < -0.3 is 15.2 Å². The van der Waals surface area contributed by atoms with Gasteiger partial charge in [-0.2, -0.15) is 0 Å². The molecule has 0 radical (unpaired) electrons. The normalized spacial score (nSPS) is 15.7.